The number of hydrogen-bond donors (Lipinski definition) is 1. The number of rotatable bonds is 7. The molecular formula is C22H21NO5. The van der Waals surface area contributed by atoms with Crippen molar-refractivity contribution in [3.05, 3.63) is 64.5 Å². The molecule has 3 aromatic rings. The fourth-order valence-corrected chi connectivity index (χ4v) is 3.31. The van der Waals surface area contributed by atoms with E-state index in [-0.39, 0.29) is 24.7 Å². The summed E-state index contributed by atoms with van der Waals surface area (Å²) in [4.78, 5) is 39.2. The maximum Gasteiger partial charge on any atom is 0.355 e. The van der Waals surface area contributed by atoms with E-state index in [1.54, 1.807) is 26.8 Å². The molecule has 0 spiro atoms. The van der Waals surface area contributed by atoms with E-state index in [0.29, 0.717) is 28.1 Å². The van der Waals surface area contributed by atoms with E-state index in [4.69, 9.17) is 9.47 Å². The first-order valence-corrected chi connectivity index (χ1v) is 8.97. The van der Waals surface area contributed by atoms with Crippen molar-refractivity contribution >= 4 is 28.8 Å². The van der Waals surface area contributed by atoms with Crippen LogP contribution < -0.4 is 4.74 Å². The van der Waals surface area contributed by atoms with Crippen LogP contribution >= 0.6 is 0 Å². The van der Waals surface area contributed by atoms with Gasteiger partial charge in [-0.2, -0.15) is 0 Å². The average Bonchev–Trinajstić information content (AvgIpc) is 3.00. The molecule has 0 aliphatic carbocycles. The second-order valence-corrected chi connectivity index (χ2v) is 6.37. The summed E-state index contributed by atoms with van der Waals surface area (Å²) in [5.74, 6) is -0.439. The van der Waals surface area contributed by atoms with Crippen molar-refractivity contribution in [1.29, 1.82) is 0 Å². The van der Waals surface area contributed by atoms with Crippen molar-refractivity contribution in [2.45, 2.75) is 20.8 Å². The molecule has 2 aromatic carbocycles. The topological polar surface area (TPSA) is 85.5 Å². The Kier molecular flexibility index (Phi) is 5.59. The number of ketones is 1. The van der Waals surface area contributed by atoms with Crippen molar-refractivity contribution in [2.24, 2.45) is 0 Å². The number of aryl methyl sites for hydroxylation is 1. The number of H-pyrrole nitrogens is 1. The van der Waals surface area contributed by atoms with Crippen molar-refractivity contribution in [2.75, 3.05) is 13.2 Å². The van der Waals surface area contributed by atoms with Gasteiger partial charge in [0.05, 0.1) is 12.2 Å². The smallest absolute Gasteiger partial charge is 0.355 e. The number of Topliss-reactive ketones (excluding diaryl/α,β-unsaturated/α-hetero) is 1. The zero-order valence-electron chi connectivity index (χ0n) is 16.0. The zero-order chi connectivity index (χ0) is 20.3. The Morgan fingerprint density at radius 1 is 1.11 bits per heavy atom. The second kappa shape index (κ2) is 8.08. The highest BCUT2D eigenvalue weighted by atomic mass is 16.5. The van der Waals surface area contributed by atoms with Gasteiger partial charge in [-0.1, -0.05) is 30.3 Å². The van der Waals surface area contributed by atoms with E-state index < -0.39 is 5.97 Å². The molecule has 6 heteroatoms. The third-order valence-corrected chi connectivity index (χ3v) is 4.60. The number of benzene rings is 2. The Bertz CT molecular complexity index is 1060. The predicted octanol–water partition coefficient (Wildman–Crippen LogP) is 4.04. The lowest BCUT2D eigenvalue weighted by atomic mass is 10.0. The first kappa shape index (κ1) is 19.4. The minimum Gasteiger partial charge on any atom is -0.485 e. The first-order chi connectivity index (χ1) is 13.5. The van der Waals surface area contributed by atoms with Crippen LogP contribution in [0.4, 0.5) is 0 Å². The molecule has 0 unspecified atom stereocenters. The predicted molar refractivity (Wildman–Crippen MR) is 105 cm³/mol. The number of carbonyl (C=O) groups is 3. The van der Waals surface area contributed by atoms with E-state index in [1.807, 2.05) is 30.3 Å². The van der Waals surface area contributed by atoms with Gasteiger partial charge in [0.1, 0.15) is 11.4 Å². The number of aromatic nitrogens is 1. The van der Waals surface area contributed by atoms with Crippen LogP contribution in [-0.2, 0) is 4.74 Å². The van der Waals surface area contributed by atoms with Crippen LogP contribution in [0.2, 0.25) is 0 Å². The highest BCUT2D eigenvalue weighted by Crippen LogP contribution is 2.27. The number of ether oxygens (including phenoxy) is 2. The van der Waals surface area contributed by atoms with E-state index in [2.05, 4.69) is 4.98 Å². The highest BCUT2D eigenvalue weighted by molar-refractivity contribution is 6.04. The molecule has 0 fully saturated rings. The van der Waals surface area contributed by atoms with Gasteiger partial charge in [-0.15, -0.1) is 0 Å². The highest BCUT2D eigenvalue weighted by Gasteiger charge is 2.23. The molecule has 0 aliphatic rings. The molecule has 1 heterocycles. The SMILES string of the molecule is CCOC(=O)c1[nH]c(C)c(C(=O)COc2ccc3ccccc3c2C=O)c1C. The number of hydrogen-bond acceptors (Lipinski definition) is 5. The summed E-state index contributed by atoms with van der Waals surface area (Å²) in [7, 11) is 0. The molecule has 0 saturated carbocycles. The molecule has 28 heavy (non-hydrogen) atoms. The van der Waals surface area contributed by atoms with Crippen LogP contribution in [0.3, 0.4) is 0 Å². The third kappa shape index (κ3) is 3.53. The number of nitrogens with one attached hydrogen (secondary N) is 1. The second-order valence-electron chi connectivity index (χ2n) is 6.37. The number of carbonyl (C=O) groups excluding carboxylic acids is 3. The largest absolute Gasteiger partial charge is 0.485 e. The van der Waals surface area contributed by atoms with Crippen molar-refractivity contribution in [3.63, 3.8) is 0 Å². The average molecular weight is 379 g/mol. The van der Waals surface area contributed by atoms with Crippen LogP contribution in [-0.4, -0.2) is 36.2 Å². The van der Waals surface area contributed by atoms with Crippen molar-refractivity contribution in [3.8, 4) is 5.75 Å². The summed E-state index contributed by atoms with van der Waals surface area (Å²) in [5.41, 5.74) is 2.17. The van der Waals surface area contributed by atoms with Crippen LogP contribution in [0.5, 0.6) is 5.75 Å². The lowest BCUT2D eigenvalue weighted by molar-refractivity contribution is 0.0519. The molecule has 6 nitrogen and oxygen atoms in total. The standard InChI is InChI=1S/C22H21NO5/c1-4-27-22(26)21-13(2)20(14(3)23-21)18(25)12-28-19-10-9-15-7-5-6-8-16(15)17(19)11-24/h5-11,23H,4,12H2,1-3H3. The van der Waals surface area contributed by atoms with E-state index in [9.17, 15) is 14.4 Å². The molecule has 0 radical (unpaired) electrons. The molecule has 0 aliphatic heterocycles. The Hall–Kier alpha value is -3.41. The molecule has 3 rings (SSSR count). The lowest BCUT2D eigenvalue weighted by Gasteiger charge is -2.10. The molecular weight excluding hydrogens is 358 g/mol. The van der Waals surface area contributed by atoms with E-state index in [1.165, 1.54) is 0 Å². The van der Waals surface area contributed by atoms with Gasteiger partial charge in [-0.25, -0.2) is 4.79 Å². The van der Waals surface area contributed by atoms with Gasteiger partial charge in [0.2, 0.25) is 5.78 Å². The third-order valence-electron chi connectivity index (χ3n) is 4.60. The summed E-state index contributed by atoms with van der Waals surface area (Å²) in [6.07, 6.45) is 0.730. The fourth-order valence-electron chi connectivity index (χ4n) is 3.31. The molecule has 1 aromatic heterocycles. The van der Waals surface area contributed by atoms with E-state index in [0.717, 1.165) is 17.1 Å². The maximum absolute atomic E-state index is 12.7. The fraction of sp³-hybridized carbons (Fsp3) is 0.227. The zero-order valence-corrected chi connectivity index (χ0v) is 16.0. The van der Waals surface area contributed by atoms with Gasteiger partial charge in [0, 0.05) is 11.3 Å². The van der Waals surface area contributed by atoms with E-state index >= 15 is 0 Å². The summed E-state index contributed by atoms with van der Waals surface area (Å²) < 4.78 is 10.7. The Balaban J connectivity index is 1.84. The normalized spacial score (nSPS) is 10.7. The van der Waals surface area contributed by atoms with Gasteiger partial charge < -0.3 is 14.5 Å². The molecule has 1 N–H and O–H groups in total. The van der Waals surface area contributed by atoms with Crippen LogP contribution in [0.15, 0.2) is 36.4 Å². The Morgan fingerprint density at radius 3 is 2.57 bits per heavy atom. The summed E-state index contributed by atoms with van der Waals surface area (Å²) in [6.45, 7) is 5.13. The summed E-state index contributed by atoms with van der Waals surface area (Å²) >= 11 is 0. The minimum absolute atomic E-state index is 0.249. The molecule has 0 bridgehead atoms. The van der Waals surface area contributed by atoms with Crippen molar-refractivity contribution < 1.29 is 23.9 Å². The van der Waals surface area contributed by atoms with Crippen LogP contribution in [0.1, 0.15) is 49.4 Å². The lowest BCUT2D eigenvalue weighted by Crippen LogP contribution is -2.14. The molecule has 144 valence electrons. The first-order valence-electron chi connectivity index (χ1n) is 8.97. The van der Waals surface area contributed by atoms with Crippen molar-refractivity contribution in [1.82, 2.24) is 4.98 Å². The molecule has 0 atom stereocenters. The number of aldehydes is 1. The molecule has 0 amide bonds. The monoisotopic (exact) mass is 379 g/mol. The Morgan fingerprint density at radius 2 is 1.86 bits per heavy atom. The number of fused-ring (bicyclic) bond motifs is 1. The summed E-state index contributed by atoms with van der Waals surface area (Å²) in [5, 5.41) is 1.68. The van der Waals surface area contributed by atoms with Gasteiger partial charge in [-0.3, -0.25) is 9.59 Å². The quantitative estimate of drug-likeness (QED) is 0.380. The van der Waals surface area contributed by atoms with Gasteiger partial charge in [-0.05, 0) is 43.2 Å². The number of aromatic amines is 1. The van der Waals surface area contributed by atoms with Gasteiger partial charge in [0.25, 0.3) is 0 Å². The molecule has 0 saturated heterocycles. The van der Waals surface area contributed by atoms with Gasteiger partial charge >= 0.3 is 5.97 Å². The Labute approximate surface area is 162 Å². The van der Waals surface area contributed by atoms with Gasteiger partial charge in [0.15, 0.2) is 12.9 Å². The maximum atomic E-state index is 12.7. The number of esters is 1. The van der Waals surface area contributed by atoms with Crippen LogP contribution in [0.25, 0.3) is 10.8 Å². The summed E-state index contributed by atoms with van der Waals surface area (Å²) in [6, 6.07) is 11.0. The minimum atomic E-state index is -0.499. The van der Waals surface area contributed by atoms with Crippen LogP contribution in [0, 0.1) is 13.8 Å².